The fourth-order valence-corrected chi connectivity index (χ4v) is 3.44. The van der Waals surface area contributed by atoms with Gasteiger partial charge < -0.3 is 0 Å². The third-order valence-corrected chi connectivity index (χ3v) is 5.17. The highest BCUT2D eigenvalue weighted by Crippen LogP contribution is 2.32. The van der Waals surface area contributed by atoms with Gasteiger partial charge in [0.1, 0.15) is 5.78 Å². The first kappa shape index (κ1) is 15.6. The Balaban J connectivity index is 2.02. The van der Waals surface area contributed by atoms with Crippen LogP contribution in [-0.2, 0) is 17.8 Å². The van der Waals surface area contributed by atoms with Crippen molar-refractivity contribution in [3.8, 4) is 0 Å². The predicted octanol–water partition coefficient (Wildman–Crippen LogP) is 4.19. The van der Waals surface area contributed by atoms with E-state index in [1.54, 1.807) is 0 Å². The van der Waals surface area contributed by atoms with E-state index < -0.39 is 0 Å². The number of rotatable bonds is 5. The molecule has 0 spiro atoms. The third kappa shape index (κ3) is 3.25. The summed E-state index contributed by atoms with van der Waals surface area (Å²) in [7, 11) is 0. The quantitative estimate of drug-likeness (QED) is 0.816. The molecular formula is C16H25ClN2O. The molecule has 1 saturated carbocycles. The molecule has 1 aromatic heterocycles. The fourth-order valence-electron chi connectivity index (χ4n) is 3.24. The van der Waals surface area contributed by atoms with Crippen LogP contribution in [0.15, 0.2) is 0 Å². The van der Waals surface area contributed by atoms with E-state index in [9.17, 15) is 4.79 Å². The number of nitrogens with zero attached hydrogens (tertiary/aromatic N) is 2. The zero-order chi connectivity index (χ0) is 14.7. The van der Waals surface area contributed by atoms with Crippen LogP contribution in [-0.4, -0.2) is 15.6 Å². The highest BCUT2D eigenvalue weighted by atomic mass is 35.5. The van der Waals surface area contributed by atoms with Crippen LogP contribution in [0.3, 0.4) is 0 Å². The van der Waals surface area contributed by atoms with Crippen molar-refractivity contribution in [3.05, 3.63) is 16.4 Å². The second kappa shape index (κ2) is 6.75. The van der Waals surface area contributed by atoms with Crippen molar-refractivity contribution in [1.82, 2.24) is 9.78 Å². The maximum absolute atomic E-state index is 12.5. The summed E-state index contributed by atoms with van der Waals surface area (Å²) in [6.45, 7) is 6.94. The number of ketones is 1. The molecule has 0 radical (unpaired) electrons. The molecule has 0 unspecified atom stereocenters. The Hall–Kier alpha value is -0.830. The van der Waals surface area contributed by atoms with Crippen molar-refractivity contribution < 1.29 is 4.79 Å². The highest BCUT2D eigenvalue weighted by molar-refractivity contribution is 6.32. The predicted molar refractivity (Wildman–Crippen MR) is 82.1 cm³/mol. The molecule has 0 atom stereocenters. The van der Waals surface area contributed by atoms with Gasteiger partial charge in [-0.2, -0.15) is 5.10 Å². The molecule has 2 rings (SSSR count). The molecule has 0 aliphatic heterocycles. The second-order valence-electron chi connectivity index (χ2n) is 5.93. The molecule has 1 aromatic rings. The summed E-state index contributed by atoms with van der Waals surface area (Å²) < 4.78 is 1.87. The van der Waals surface area contributed by atoms with Crippen LogP contribution >= 0.6 is 11.6 Å². The molecule has 1 aliphatic rings. The summed E-state index contributed by atoms with van der Waals surface area (Å²) in [5, 5.41) is 5.05. The van der Waals surface area contributed by atoms with Crippen LogP contribution in [0.5, 0.6) is 0 Å². The first-order valence-corrected chi connectivity index (χ1v) is 8.19. The lowest BCUT2D eigenvalue weighted by Crippen LogP contribution is -2.24. The summed E-state index contributed by atoms with van der Waals surface area (Å²) in [5.41, 5.74) is 1.72. The van der Waals surface area contributed by atoms with Gasteiger partial charge in [0.15, 0.2) is 0 Å². The van der Waals surface area contributed by atoms with Crippen LogP contribution in [0.4, 0.5) is 0 Å². The van der Waals surface area contributed by atoms with E-state index in [2.05, 4.69) is 12.0 Å². The molecule has 4 heteroatoms. The molecule has 0 saturated heterocycles. The van der Waals surface area contributed by atoms with Crippen molar-refractivity contribution in [2.24, 2.45) is 11.8 Å². The van der Waals surface area contributed by atoms with Crippen LogP contribution in [0, 0.1) is 18.8 Å². The van der Waals surface area contributed by atoms with Crippen molar-refractivity contribution in [2.45, 2.75) is 65.8 Å². The summed E-state index contributed by atoms with van der Waals surface area (Å²) >= 11 is 6.29. The Labute approximate surface area is 126 Å². The Morgan fingerprint density at radius 1 is 1.30 bits per heavy atom. The van der Waals surface area contributed by atoms with Gasteiger partial charge in [-0.1, -0.05) is 24.9 Å². The summed E-state index contributed by atoms with van der Waals surface area (Å²) in [4.78, 5) is 12.5. The molecule has 0 amide bonds. The summed E-state index contributed by atoms with van der Waals surface area (Å²) in [6.07, 6.45) is 6.19. The van der Waals surface area contributed by atoms with Crippen molar-refractivity contribution >= 4 is 17.4 Å². The molecule has 0 N–H and O–H groups in total. The van der Waals surface area contributed by atoms with Gasteiger partial charge in [-0.15, -0.1) is 0 Å². The summed E-state index contributed by atoms with van der Waals surface area (Å²) in [5.74, 6) is 1.40. The SMILES string of the molecule is CCC1CCC(C(=O)Cc2c(Cl)c(C)nn2CC)CC1. The zero-order valence-corrected chi connectivity index (χ0v) is 13.5. The molecule has 20 heavy (non-hydrogen) atoms. The third-order valence-electron chi connectivity index (χ3n) is 4.67. The maximum atomic E-state index is 12.5. The van der Waals surface area contributed by atoms with E-state index in [0.29, 0.717) is 17.2 Å². The Morgan fingerprint density at radius 2 is 1.95 bits per heavy atom. The monoisotopic (exact) mass is 296 g/mol. The number of aromatic nitrogens is 2. The van der Waals surface area contributed by atoms with E-state index in [4.69, 9.17) is 11.6 Å². The van der Waals surface area contributed by atoms with Crippen molar-refractivity contribution in [2.75, 3.05) is 0 Å². The maximum Gasteiger partial charge on any atom is 0.141 e. The number of hydrogen-bond acceptors (Lipinski definition) is 2. The van der Waals surface area contributed by atoms with E-state index in [1.807, 2.05) is 18.5 Å². The van der Waals surface area contributed by atoms with Gasteiger partial charge in [0.2, 0.25) is 0 Å². The average molecular weight is 297 g/mol. The van der Waals surface area contributed by atoms with E-state index >= 15 is 0 Å². The Morgan fingerprint density at radius 3 is 2.50 bits per heavy atom. The minimum atomic E-state index is 0.231. The van der Waals surface area contributed by atoms with Crippen molar-refractivity contribution in [3.63, 3.8) is 0 Å². The minimum Gasteiger partial charge on any atom is -0.299 e. The normalized spacial score (nSPS) is 23.0. The molecule has 0 aromatic carbocycles. The zero-order valence-electron chi connectivity index (χ0n) is 12.8. The number of carbonyl (C=O) groups excluding carboxylic acids is 1. The van der Waals surface area contributed by atoms with Gasteiger partial charge >= 0.3 is 0 Å². The molecule has 0 bridgehead atoms. The fraction of sp³-hybridized carbons (Fsp3) is 0.750. The number of carbonyl (C=O) groups is 1. The van der Waals surface area contributed by atoms with E-state index in [1.165, 1.54) is 19.3 Å². The number of halogens is 1. The van der Waals surface area contributed by atoms with Crippen LogP contribution < -0.4 is 0 Å². The topological polar surface area (TPSA) is 34.9 Å². The van der Waals surface area contributed by atoms with E-state index in [0.717, 1.165) is 36.7 Å². The van der Waals surface area contributed by atoms with Crippen molar-refractivity contribution in [1.29, 1.82) is 0 Å². The molecule has 1 aliphatic carbocycles. The van der Waals surface area contributed by atoms with Gasteiger partial charge in [0.25, 0.3) is 0 Å². The van der Waals surface area contributed by atoms with E-state index in [-0.39, 0.29) is 5.92 Å². The lowest BCUT2D eigenvalue weighted by atomic mass is 9.78. The standard InChI is InChI=1S/C16H25ClN2O/c1-4-12-6-8-13(9-7-12)15(20)10-14-16(17)11(3)18-19(14)5-2/h12-13H,4-10H2,1-3H3. The summed E-state index contributed by atoms with van der Waals surface area (Å²) in [6, 6.07) is 0. The van der Waals surface area contributed by atoms with Crippen LogP contribution in [0.2, 0.25) is 5.02 Å². The van der Waals surface area contributed by atoms with Gasteiger partial charge in [-0.25, -0.2) is 0 Å². The molecule has 112 valence electrons. The van der Waals surface area contributed by atoms with Crippen LogP contribution in [0.25, 0.3) is 0 Å². The lowest BCUT2D eigenvalue weighted by molar-refractivity contribution is -0.123. The van der Waals surface area contributed by atoms with Gasteiger partial charge in [0, 0.05) is 12.5 Å². The Bertz CT molecular complexity index is 473. The first-order chi connectivity index (χ1) is 9.56. The number of hydrogen-bond donors (Lipinski definition) is 0. The van der Waals surface area contributed by atoms with Crippen LogP contribution in [0.1, 0.15) is 57.3 Å². The largest absolute Gasteiger partial charge is 0.299 e. The lowest BCUT2D eigenvalue weighted by Gasteiger charge is -2.26. The number of aryl methyl sites for hydroxylation is 2. The molecule has 1 heterocycles. The van der Waals surface area contributed by atoms with Gasteiger partial charge in [-0.05, 0) is 45.4 Å². The van der Waals surface area contributed by atoms with Gasteiger partial charge in [0.05, 0.1) is 22.8 Å². The smallest absolute Gasteiger partial charge is 0.141 e. The first-order valence-electron chi connectivity index (χ1n) is 7.81. The minimum absolute atomic E-state index is 0.231. The molecule has 1 fully saturated rings. The molecule has 3 nitrogen and oxygen atoms in total. The molecular weight excluding hydrogens is 272 g/mol. The average Bonchev–Trinajstić information content (AvgIpc) is 2.75. The van der Waals surface area contributed by atoms with Gasteiger partial charge in [-0.3, -0.25) is 9.48 Å². The highest BCUT2D eigenvalue weighted by Gasteiger charge is 2.27. The second-order valence-corrected chi connectivity index (χ2v) is 6.31. The Kier molecular flexibility index (Phi) is 5.25. The number of Topliss-reactive ketones (excluding diaryl/α,β-unsaturated/α-hetero) is 1.